The number of nitrogens with zero attached hydrogens (tertiary/aromatic N) is 2. The van der Waals surface area contributed by atoms with Gasteiger partial charge in [-0.3, -0.25) is 9.48 Å². The summed E-state index contributed by atoms with van der Waals surface area (Å²) in [4.78, 5) is 12.2. The zero-order valence-electron chi connectivity index (χ0n) is 14.9. The Bertz CT molecular complexity index is 507. The first-order chi connectivity index (χ1) is 9.41. The molecule has 0 bridgehead atoms. The molecule has 1 rings (SSSR count). The predicted octanol–water partition coefficient (Wildman–Crippen LogP) is 3.30. The van der Waals surface area contributed by atoms with Crippen LogP contribution in [0.25, 0.3) is 0 Å². The van der Waals surface area contributed by atoms with Crippen molar-refractivity contribution >= 4 is 5.91 Å². The minimum atomic E-state index is -0.172. The zero-order valence-corrected chi connectivity index (χ0v) is 14.9. The van der Waals surface area contributed by atoms with Gasteiger partial charge in [-0.05, 0) is 51.5 Å². The Hall–Kier alpha value is -1.32. The first-order valence-corrected chi connectivity index (χ1v) is 7.71. The van der Waals surface area contributed by atoms with Crippen LogP contribution in [0.5, 0.6) is 0 Å². The van der Waals surface area contributed by atoms with Crippen molar-refractivity contribution in [2.24, 2.45) is 12.5 Å². The second-order valence-electron chi connectivity index (χ2n) is 7.94. The van der Waals surface area contributed by atoms with E-state index < -0.39 is 0 Å². The number of carbonyl (C=O) groups is 1. The quantitative estimate of drug-likeness (QED) is 0.905. The molecule has 120 valence electrons. The fourth-order valence-electron chi connectivity index (χ4n) is 3.23. The van der Waals surface area contributed by atoms with Gasteiger partial charge in [-0.2, -0.15) is 5.10 Å². The van der Waals surface area contributed by atoms with Crippen LogP contribution in [0, 0.1) is 19.3 Å². The van der Waals surface area contributed by atoms with Gasteiger partial charge in [0.25, 0.3) is 0 Å². The Morgan fingerprint density at radius 3 is 2.19 bits per heavy atom. The largest absolute Gasteiger partial charge is 0.351 e. The average molecular weight is 293 g/mol. The summed E-state index contributed by atoms with van der Waals surface area (Å²) in [5.41, 5.74) is 3.40. The van der Waals surface area contributed by atoms with Gasteiger partial charge in [0, 0.05) is 24.7 Å². The lowest BCUT2D eigenvalue weighted by Gasteiger charge is -2.33. The third-order valence-electron chi connectivity index (χ3n) is 3.71. The molecule has 0 aliphatic rings. The number of nitrogens with one attached hydrogen (secondary N) is 1. The molecule has 1 amide bonds. The van der Waals surface area contributed by atoms with E-state index in [-0.39, 0.29) is 16.9 Å². The Labute approximate surface area is 129 Å². The lowest BCUT2D eigenvalue weighted by atomic mass is 9.81. The summed E-state index contributed by atoms with van der Waals surface area (Å²) in [7, 11) is 1.94. The van der Waals surface area contributed by atoms with Gasteiger partial charge in [-0.15, -0.1) is 0 Å². The second-order valence-corrected chi connectivity index (χ2v) is 7.94. The molecular formula is C17H31N3O. The number of amides is 1. The summed E-state index contributed by atoms with van der Waals surface area (Å²) in [5, 5.41) is 7.56. The molecule has 0 spiro atoms. The van der Waals surface area contributed by atoms with Crippen molar-refractivity contribution in [2.45, 2.75) is 73.3 Å². The highest BCUT2D eigenvalue weighted by Gasteiger charge is 2.26. The Kier molecular flexibility index (Phi) is 5.24. The summed E-state index contributed by atoms with van der Waals surface area (Å²) in [6.07, 6.45) is 2.22. The molecule has 0 fully saturated rings. The topological polar surface area (TPSA) is 46.9 Å². The van der Waals surface area contributed by atoms with E-state index in [0.29, 0.717) is 6.42 Å². The molecule has 0 aromatic carbocycles. The van der Waals surface area contributed by atoms with Gasteiger partial charge >= 0.3 is 0 Å². The van der Waals surface area contributed by atoms with Gasteiger partial charge in [-0.1, -0.05) is 20.8 Å². The monoisotopic (exact) mass is 293 g/mol. The Balaban J connectivity index is 2.58. The summed E-state index contributed by atoms with van der Waals surface area (Å²) in [5.74, 6) is 0.118. The van der Waals surface area contributed by atoms with Crippen LogP contribution in [0.1, 0.15) is 64.4 Å². The summed E-state index contributed by atoms with van der Waals surface area (Å²) >= 11 is 0. The van der Waals surface area contributed by atoms with Crippen molar-refractivity contribution < 1.29 is 4.79 Å². The standard InChI is InChI=1S/C17H31N3O/c1-12-14(13(2)20(8)19-12)9-10-15(21)18-17(6,7)11-16(3,4)5/h9-11H2,1-8H3,(H,18,21). The third-order valence-corrected chi connectivity index (χ3v) is 3.71. The Morgan fingerprint density at radius 1 is 1.19 bits per heavy atom. The molecule has 0 saturated carbocycles. The van der Waals surface area contributed by atoms with E-state index in [1.165, 1.54) is 5.56 Å². The molecule has 1 N–H and O–H groups in total. The molecule has 0 aliphatic heterocycles. The minimum Gasteiger partial charge on any atom is -0.351 e. The van der Waals surface area contributed by atoms with Crippen LogP contribution in [-0.2, 0) is 18.3 Å². The molecule has 21 heavy (non-hydrogen) atoms. The maximum Gasteiger partial charge on any atom is 0.220 e. The maximum absolute atomic E-state index is 12.2. The average Bonchev–Trinajstić information content (AvgIpc) is 2.46. The summed E-state index contributed by atoms with van der Waals surface area (Å²) < 4.78 is 1.88. The Morgan fingerprint density at radius 2 is 1.76 bits per heavy atom. The van der Waals surface area contributed by atoms with Crippen molar-refractivity contribution in [3.63, 3.8) is 0 Å². The maximum atomic E-state index is 12.2. The number of aromatic nitrogens is 2. The number of aryl methyl sites for hydroxylation is 2. The van der Waals surface area contributed by atoms with Crippen molar-refractivity contribution in [2.75, 3.05) is 0 Å². The number of carbonyl (C=O) groups excluding carboxylic acids is 1. The van der Waals surface area contributed by atoms with E-state index in [2.05, 4.69) is 52.0 Å². The van der Waals surface area contributed by atoms with Gasteiger partial charge < -0.3 is 5.32 Å². The van der Waals surface area contributed by atoms with Gasteiger partial charge in [0.1, 0.15) is 0 Å². The molecule has 1 aromatic rings. The van der Waals surface area contributed by atoms with Crippen molar-refractivity contribution in [1.29, 1.82) is 0 Å². The van der Waals surface area contributed by atoms with Crippen LogP contribution in [0.2, 0.25) is 0 Å². The third kappa shape index (κ3) is 5.52. The van der Waals surface area contributed by atoms with E-state index in [9.17, 15) is 4.79 Å². The molecule has 0 radical (unpaired) electrons. The summed E-state index contributed by atoms with van der Waals surface area (Å²) in [6, 6.07) is 0. The molecule has 1 heterocycles. The fourth-order valence-corrected chi connectivity index (χ4v) is 3.23. The van der Waals surface area contributed by atoms with Crippen LogP contribution in [0.3, 0.4) is 0 Å². The molecule has 1 aromatic heterocycles. The lowest BCUT2D eigenvalue weighted by molar-refractivity contribution is -0.122. The second kappa shape index (κ2) is 6.20. The molecule has 0 atom stereocenters. The first kappa shape index (κ1) is 17.7. The minimum absolute atomic E-state index is 0.118. The SMILES string of the molecule is Cc1nn(C)c(C)c1CCC(=O)NC(C)(C)CC(C)(C)C. The molecule has 0 saturated heterocycles. The van der Waals surface area contributed by atoms with Gasteiger partial charge in [0.15, 0.2) is 0 Å². The highest BCUT2D eigenvalue weighted by atomic mass is 16.1. The van der Waals surface area contributed by atoms with Crippen molar-refractivity contribution in [1.82, 2.24) is 15.1 Å². The highest BCUT2D eigenvalue weighted by molar-refractivity contribution is 5.77. The highest BCUT2D eigenvalue weighted by Crippen LogP contribution is 2.26. The predicted molar refractivity (Wildman–Crippen MR) is 87.3 cm³/mol. The van der Waals surface area contributed by atoms with Gasteiger partial charge in [-0.25, -0.2) is 0 Å². The van der Waals surface area contributed by atoms with E-state index in [4.69, 9.17) is 0 Å². The number of rotatable bonds is 5. The normalized spacial score (nSPS) is 12.6. The molecule has 4 heteroatoms. The van der Waals surface area contributed by atoms with Crippen LogP contribution >= 0.6 is 0 Å². The van der Waals surface area contributed by atoms with Crippen LogP contribution in [0.4, 0.5) is 0 Å². The number of hydrogen-bond acceptors (Lipinski definition) is 2. The van der Waals surface area contributed by atoms with Gasteiger partial charge in [0.05, 0.1) is 5.69 Å². The van der Waals surface area contributed by atoms with Crippen LogP contribution in [-0.4, -0.2) is 21.2 Å². The molecule has 0 unspecified atom stereocenters. The van der Waals surface area contributed by atoms with E-state index >= 15 is 0 Å². The number of hydrogen-bond donors (Lipinski definition) is 1. The molecular weight excluding hydrogens is 262 g/mol. The molecule has 0 aliphatic carbocycles. The lowest BCUT2D eigenvalue weighted by Crippen LogP contribution is -2.45. The van der Waals surface area contributed by atoms with Crippen LogP contribution < -0.4 is 5.32 Å². The van der Waals surface area contributed by atoms with Crippen molar-refractivity contribution in [3.8, 4) is 0 Å². The molecule has 4 nitrogen and oxygen atoms in total. The van der Waals surface area contributed by atoms with Crippen LogP contribution in [0.15, 0.2) is 0 Å². The summed E-state index contributed by atoms with van der Waals surface area (Å²) in [6.45, 7) is 14.8. The van der Waals surface area contributed by atoms with E-state index in [0.717, 1.165) is 24.2 Å². The fraction of sp³-hybridized carbons (Fsp3) is 0.765. The van der Waals surface area contributed by atoms with Crippen molar-refractivity contribution in [3.05, 3.63) is 17.0 Å². The zero-order chi connectivity index (χ0) is 16.4. The van der Waals surface area contributed by atoms with E-state index in [1.54, 1.807) is 0 Å². The van der Waals surface area contributed by atoms with Gasteiger partial charge in [0.2, 0.25) is 5.91 Å². The first-order valence-electron chi connectivity index (χ1n) is 7.71. The van der Waals surface area contributed by atoms with E-state index in [1.807, 2.05) is 18.7 Å². The smallest absolute Gasteiger partial charge is 0.220 e.